The number of amides is 1. The first-order valence-corrected chi connectivity index (χ1v) is 4.09. The highest BCUT2D eigenvalue weighted by Gasteiger charge is 2.08. The number of nitrogens with zero attached hydrogens (tertiary/aromatic N) is 1. The average molecular weight is 218 g/mol. The molecule has 0 atom stereocenters. The minimum absolute atomic E-state index is 0.0444. The lowest BCUT2D eigenvalue weighted by atomic mass is 10.1. The van der Waals surface area contributed by atoms with Crippen molar-refractivity contribution in [3.63, 3.8) is 0 Å². The lowest BCUT2D eigenvalue weighted by Crippen LogP contribution is -2.06. The molecule has 6 heteroatoms. The number of aldehydes is 1. The van der Waals surface area contributed by atoms with E-state index < -0.39 is 10.8 Å². The van der Waals surface area contributed by atoms with Crippen LogP contribution >= 0.6 is 0 Å². The first kappa shape index (κ1) is 11.4. The Labute approximate surface area is 90.2 Å². The SMILES string of the molecule is NC(=O)C#Cc1ccc([N+](=O)[O-])cc1C=O. The third-order valence-corrected chi connectivity index (χ3v) is 1.69. The summed E-state index contributed by atoms with van der Waals surface area (Å²) in [4.78, 5) is 30.8. The van der Waals surface area contributed by atoms with Crippen LogP contribution in [0, 0.1) is 22.0 Å². The van der Waals surface area contributed by atoms with Crippen molar-refractivity contribution < 1.29 is 14.5 Å². The van der Waals surface area contributed by atoms with Crippen molar-refractivity contribution in [3.05, 3.63) is 39.4 Å². The molecule has 0 aliphatic carbocycles. The average Bonchev–Trinajstić information content (AvgIpc) is 2.25. The molecule has 0 saturated heterocycles. The molecule has 0 aliphatic rings. The van der Waals surface area contributed by atoms with Gasteiger partial charge in [-0.1, -0.05) is 5.92 Å². The van der Waals surface area contributed by atoms with Gasteiger partial charge in [0.2, 0.25) is 0 Å². The molecule has 0 aliphatic heterocycles. The molecule has 0 fully saturated rings. The summed E-state index contributed by atoms with van der Waals surface area (Å²) in [6.45, 7) is 0. The summed E-state index contributed by atoms with van der Waals surface area (Å²) in [6.07, 6.45) is 0.429. The van der Waals surface area contributed by atoms with E-state index in [9.17, 15) is 19.7 Å². The number of carbonyl (C=O) groups excluding carboxylic acids is 2. The van der Waals surface area contributed by atoms with Crippen LogP contribution in [0.1, 0.15) is 15.9 Å². The van der Waals surface area contributed by atoms with Crippen LogP contribution < -0.4 is 5.73 Å². The van der Waals surface area contributed by atoms with Gasteiger partial charge in [0.05, 0.1) is 4.92 Å². The summed E-state index contributed by atoms with van der Waals surface area (Å²) in [6, 6.07) is 3.56. The zero-order valence-corrected chi connectivity index (χ0v) is 7.97. The largest absolute Gasteiger partial charge is 0.359 e. The van der Waals surface area contributed by atoms with Crippen LogP contribution in [0.4, 0.5) is 5.69 Å². The molecule has 16 heavy (non-hydrogen) atoms. The van der Waals surface area contributed by atoms with Gasteiger partial charge in [-0.15, -0.1) is 0 Å². The first-order valence-electron chi connectivity index (χ1n) is 4.09. The van der Waals surface area contributed by atoms with Gasteiger partial charge in [-0.25, -0.2) is 0 Å². The molecule has 6 nitrogen and oxygen atoms in total. The number of benzene rings is 1. The van der Waals surface area contributed by atoms with Crippen LogP contribution in [0.2, 0.25) is 0 Å². The van der Waals surface area contributed by atoms with E-state index in [1.807, 2.05) is 5.92 Å². The number of hydrogen-bond acceptors (Lipinski definition) is 4. The predicted octanol–water partition coefficient (Wildman–Crippen LogP) is 0.244. The Bertz CT molecular complexity index is 525. The lowest BCUT2D eigenvalue weighted by Gasteiger charge is -1.96. The van der Waals surface area contributed by atoms with Crippen LogP contribution in [-0.2, 0) is 4.79 Å². The highest BCUT2D eigenvalue weighted by Crippen LogP contribution is 2.15. The molecule has 1 amide bonds. The number of nitro groups is 1. The molecular formula is C10H6N2O4. The van der Waals surface area contributed by atoms with E-state index >= 15 is 0 Å². The Morgan fingerprint density at radius 1 is 1.50 bits per heavy atom. The van der Waals surface area contributed by atoms with Gasteiger partial charge in [-0.05, 0) is 6.07 Å². The van der Waals surface area contributed by atoms with Crippen molar-refractivity contribution in [1.82, 2.24) is 0 Å². The highest BCUT2D eigenvalue weighted by atomic mass is 16.6. The van der Waals surface area contributed by atoms with E-state index in [0.29, 0.717) is 6.29 Å². The molecule has 0 aromatic heterocycles. The van der Waals surface area contributed by atoms with E-state index in [0.717, 1.165) is 6.07 Å². The second-order valence-electron chi connectivity index (χ2n) is 2.76. The molecule has 1 rings (SSSR count). The molecule has 0 spiro atoms. The van der Waals surface area contributed by atoms with Crippen molar-refractivity contribution in [3.8, 4) is 11.8 Å². The van der Waals surface area contributed by atoms with Gasteiger partial charge in [0, 0.05) is 29.2 Å². The van der Waals surface area contributed by atoms with Crippen LogP contribution in [0.25, 0.3) is 0 Å². The van der Waals surface area contributed by atoms with Crippen LogP contribution in [0.15, 0.2) is 18.2 Å². The summed E-state index contributed by atoms with van der Waals surface area (Å²) >= 11 is 0. The molecule has 1 aromatic rings. The van der Waals surface area contributed by atoms with Crippen LogP contribution in [-0.4, -0.2) is 17.1 Å². The highest BCUT2D eigenvalue weighted by molar-refractivity contribution is 5.93. The van der Waals surface area contributed by atoms with Gasteiger partial charge in [0.15, 0.2) is 6.29 Å². The number of nitro benzene ring substituents is 1. The maximum Gasteiger partial charge on any atom is 0.293 e. The topological polar surface area (TPSA) is 103 Å². The van der Waals surface area contributed by atoms with E-state index in [4.69, 9.17) is 5.73 Å². The molecule has 0 unspecified atom stereocenters. The van der Waals surface area contributed by atoms with E-state index in [-0.39, 0.29) is 16.8 Å². The van der Waals surface area contributed by atoms with E-state index in [1.165, 1.54) is 12.1 Å². The fourth-order valence-electron chi connectivity index (χ4n) is 1.00. The quantitative estimate of drug-likeness (QED) is 0.332. The Hall–Kier alpha value is -2.68. The third kappa shape index (κ3) is 2.65. The molecule has 1 aromatic carbocycles. The summed E-state index contributed by atoms with van der Waals surface area (Å²) in [5.41, 5.74) is 4.85. The summed E-state index contributed by atoms with van der Waals surface area (Å²) < 4.78 is 0. The molecular weight excluding hydrogens is 212 g/mol. The fourth-order valence-corrected chi connectivity index (χ4v) is 1.00. The van der Waals surface area contributed by atoms with Crippen molar-refractivity contribution in [2.24, 2.45) is 5.73 Å². The molecule has 0 radical (unpaired) electrons. The van der Waals surface area contributed by atoms with Gasteiger partial charge in [0.1, 0.15) is 0 Å². The number of rotatable bonds is 2. The number of non-ortho nitro benzene ring substituents is 1. The Morgan fingerprint density at radius 3 is 2.69 bits per heavy atom. The minimum Gasteiger partial charge on any atom is -0.359 e. The monoisotopic (exact) mass is 218 g/mol. The molecule has 0 heterocycles. The van der Waals surface area contributed by atoms with E-state index in [1.54, 1.807) is 0 Å². The third-order valence-electron chi connectivity index (χ3n) is 1.69. The van der Waals surface area contributed by atoms with Gasteiger partial charge in [-0.3, -0.25) is 19.7 Å². The van der Waals surface area contributed by atoms with Gasteiger partial charge in [-0.2, -0.15) is 0 Å². The number of primary amides is 1. The second kappa shape index (κ2) is 4.70. The number of hydrogen-bond donors (Lipinski definition) is 1. The zero-order valence-electron chi connectivity index (χ0n) is 7.97. The van der Waals surface area contributed by atoms with Gasteiger partial charge in [0.25, 0.3) is 11.6 Å². The van der Waals surface area contributed by atoms with Crippen molar-refractivity contribution >= 4 is 17.9 Å². The second-order valence-corrected chi connectivity index (χ2v) is 2.76. The molecule has 0 saturated carbocycles. The predicted molar refractivity (Wildman–Crippen MR) is 54.6 cm³/mol. The summed E-state index contributed by atoms with van der Waals surface area (Å²) in [5.74, 6) is 3.56. The Balaban J connectivity index is 3.23. The fraction of sp³-hybridized carbons (Fsp3) is 0. The minimum atomic E-state index is -0.838. The standard InChI is InChI=1S/C10H6N2O4/c11-10(14)4-2-7-1-3-9(12(15)16)5-8(7)6-13/h1,3,5-6H,(H2,11,14). The molecule has 2 N–H and O–H groups in total. The molecule has 80 valence electrons. The summed E-state index contributed by atoms with van der Waals surface area (Å²) in [7, 11) is 0. The summed E-state index contributed by atoms with van der Waals surface area (Å²) in [5, 5.41) is 10.4. The number of nitrogens with two attached hydrogens (primary N) is 1. The Kier molecular flexibility index (Phi) is 3.35. The van der Waals surface area contributed by atoms with Crippen molar-refractivity contribution in [2.75, 3.05) is 0 Å². The Morgan fingerprint density at radius 2 is 2.19 bits per heavy atom. The zero-order chi connectivity index (χ0) is 12.1. The maximum atomic E-state index is 10.6. The van der Waals surface area contributed by atoms with Crippen LogP contribution in [0.5, 0.6) is 0 Å². The first-order chi connectivity index (χ1) is 7.54. The van der Waals surface area contributed by atoms with Crippen LogP contribution in [0.3, 0.4) is 0 Å². The van der Waals surface area contributed by atoms with Crippen molar-refractivity contribution in [2.45, 2.75) is 0 Å². The van der Waals surface area contributed by atoms with Gasteiger partial charge >= 0.3 is 0 Å². The van der Waals surface area contributed by atoms with Crippen molar-refractivity contribution in [1.29, 1.82) is 0 Å². The lowest BCUT2D eigenvalue weighted by molar-refractivity contribution is -0.384. The molecule has 0 bridgehead atoms. The van der Waals surface area contributed by atoms with Gasteiger partial charge < -0.3 is 5.73 Å². The number of carbonyl (C=O) groups is 2. The maximum absolute atomic E-state index is 10.6. The normalized spacial score (nSPS) is 8.75. The van der Waals surface area contributed by atoms with E-state index in [2.05, 4.69) is 5.92 Å². The smallest absolute Gasteiger partial charge is 0.293 e.